The summed E-state index contributed by atoms with van der Waals surface area (Å²) < 4.78 is 11.1. The van der Waals surface area contributed by atoms with E-state index in [1.54, 1.807) is 0 Å². The van der Waals surface area contributed by atoms with Crippen LogP contribution in [-0.2, 0) is 16.1 Å². The monoisotopic (exact) mass is 315 g/mol. The second-order valence-electron chi connectivity index (χ2n) is 6.14. The summed E-state index contributed by atoms with van der Waals surface area (Å²) in [6, 6.07) is 7.71. The molecule has 1 amide bonds. The molecular formula is C17H21N3O3. The Morgan fingerprint density at radius 2 is 2.04 bits per heavy atom. The highest BCUT2D eigenvalue weighted by atomic mass is 16.5. The topological polar surface area (TPSA) is 58.8 Å². The van der Waals surface area contributed by atoms with Gasteiger partial charge in [-0.2, -0.15) is 0 Å². The van der Waals surface area contributed by atoms with Crippen molar-refractivity contribution in [2.24, 2.45) is 0 Å². The molecule has 0 radical (unpaired) electrons. The zero-order valence-electron chi connectivity index (χ0n) is 13.1. The van der Waals surface area contributed by atoms with Gasteiger partial charge in [0.25, 0.3) is 0 Å². The number of benzene rings is 1. The summed E-state index contributed by atoms with van der Waals surface area (Å²) in [5.74, 6) is 0.912. The number of carbonyl (C=O) groups excluding carboxylic acids is 1. The van der Waals surface area contributed by atoms with Crippen LogP contribution in [0.15, 0.2) is 28.7 Å². The van der Waals surface area contributed by atoms with Gasteiger partial charge in [0.15, 0.2) is 5.58 Å². The fraction of sp³-hybridized carbons (Fsp3) is 0.529. The Hall–Kier alpha value is -1.92. The predicted molar refractivity (Wildman–Crippen MR) is 84.8 cm³/mol. The minimum atomic E-state index is -0.0527. The maximum absolute atomic E-state index is 12.8. The summed E-state index contributed by atoms with van der Waals surface area (Å²) in [4.78, 5) is 21.4. The highest BCUT2D eigenvalue weighted by Gasteiger charge is 2.34. The highest BCUT2D eigenvalue weighted by Crippen LogP contribution is 2.23. The van der Waals surface area contributed by atoms with Crippen LogP contribution in [-0.4, -0.2) is 59.6 Å². The summed E-state index contributed by atoms with van der Waals surface area (Å²) in [5.41, 5.74) is 1.68. The van der Waals surface area contributed by atoms with Gasteiger partial charge in [-0.3, -0.25) is 9.69 Å². The largest absolute Gasteiger partial charge is 0.439 e. The number of amides is 1. The number of hydrogen-bond donors (Lipinski definition) is 0. The number of fused-ring (bicyclic) bond motifs is 1. The van der Waals surface area contributed by atoms with Crippen LogP contribution >= 0.6 is 0 Å². The summed E-state index contributed by atoms with van der Waals surface area (Å²) >= 11 is 0. The van der Waals surface area contributed by atoms with Crippen LogP contribution in [0.3, 0.4) is 0 Å². The Labute approximate surface area is 135 Å². The van der Waals surface area contributed by atoms with Gasteiger partial charge in [-0.25, -0.2) is 4.98 Å². The lowest BCUT2D eigenvalue weighted by Crippen LogP contribution is -2.49. The van der Waals surface area contributed by atoms with Gasteiger partial charge in [-0.1, -0.05) is 12.1 Å². The van der Waals surface area contributed by atoms with Crippen molar-refractivity contribution >= 4 is 17.0 Å². The van der Waals surface area contributed by atoms with Crippen LogP contribution in [0.5, 0.6) is 0 Å². The standard InChI is InChI=1S/C17H21N3O3/c21-17(19-8-10-22-11-9-19)14-5-3-7-20(14)12-16-18-13-4-1-2-6-15(13)23-16/h1-2,4,6,14H,3,5,7-12H2/t14-/m1/s1. The Morgan fingerprint density at radius 3 is 2.87 bits per heavy atom. The van der Waals surface area contributed by atoms with E-state index in [-0.39, 0.29) is 11.9 Å². The third-order valence-corrected chi connectivity index (χ3v) is 4.65. The number of ether oxygens (including phenoxy) is 1. The minimum Gasteiger partial charge on any atom is -0.439 e. The lowest BCUT2D eigenvalue weighted by Gasteiger charge is -2.32. The molecule has 1 atom stereocenters. The molecule has 6 nitrogen and oxygen atoms in total. The molecule has 0 aliphatic carbocycles. The Balaban J connectivity index is 1.47. The minimum absolute atomic E-state index is 0.0527. The van der Waals surface area contributed by atoms with E-state index in [0.717, 1.165) is 30.5 Å². The SMILES string of the molecule is O=C([C@H]1CCCN1Cc1nc2ccccc2o1)N1CCOCC1. The second-order valence-corrected chi connectivity index (χ2v) is 6.14. The van der Waals surface area contributed by atoms with E-state index in [4.69, 9.17) is 9.15 Å². The molecule has 0 unspecified atom stereocenters. The zero-order chi connectivity index (χ0) is 15.6. The van der Waals surface area contributed by atoms with E-state index in [1.165, 1.54) is 0 Å². The summed E-state index contributed by atoms with van der Waals surface area (Å²) in [7, 11) is 0. The molecular weight excluding hydrogens is 294 g/mol. The number of para-hydroxylation sites is 2. The molecule has 6 heteroatoms. The van der Waals surface area contributed by atoms with Crippen molar-refractivity contribution in [3.05, 3.63) is 30.2 Å². The number of likely N-dealkylation sites (tertiary alicyclic amines) is 1. The molecule has 2 saturated heterocycles. The number of morpholine rings is 1. The fourth-order valence-corrected chi connectivity index (χ4v) is 3.45. The Bertz CT molecular complexity index is 660. The van der Waals surface area contributed by atoms with Crippen LogP contribution < -0.4 is 0 Å². The first-order valence-corrected chi connectivity index (χ1v) is 8.26. The number of carbonyl (C=O) groups is 1. The number of aromatic nitrogens is 1. The van der Waals surface area contributed by atoms with Crippen LogP contribution in [0.4, 0.5) is 0 Å². The van der Waals surface area contributed by atoms with Crippen molar-refractivity contribution in [1.82, 2.24) is 14.8 Å². The van der Waals surface area contributed by atoms with Crippen LogP contribution in [0, 0.1) is 0 Å². The third kappa shape index (κ3) is 2.96. The molecule has 2 fully saturated rings. The van der Waals surface area contributed by atoms with E-state index >= 15 is 0 Å². The molecule has 2 aliphatic heterocycles. The zero-order valence-corrected chi connectivity index (χ0v) is 13.1. The summed E-state index contributed by atoms with van der Waals surface area (Å²) in [6.45, 7) is 4.19. The first-order chi connectivity index (χ1) is 11.3. The van der Waals surface area contributed by atoms with E-state index in [2.05, 4.69) is 9.88 Å². The lowest BCUT2D eigenvalue weighted by molar-refractivity contribution is -0.140. The Kier molecular flexibility index (Phi) is 4.01. The molecule has 1 aromatic heterocycles. The van der Waals surface area contributed by atoms with Gasteiger partial charge in [-0.05, 0) is 31.5 Å². The molecule has 23 heavy (non-hydrogen) atoms. The maximum Gasteiger partial charge on any atom is 0.240 e. The molecule has 0 spiro atoms. The van der Waals surface area contributed by atoms with Crippen molar-refractivity contribution in [2.75, 3.05) is 32.8 Å². The number of rotatable bonds is 3. The molecule has 0 N–H and O–H groups in total. The summed E-state index contributed by atoms with van der Waals surface area (Å²) in [5, 5.41) is 0. The van der Waals surface area contributed by atoms with Gasteiger partial charge < -0.3 is 14.1 Å². The van der Waals surface area contributed by atoms with Crippen LogP contribution in [0.2, 0.25) is 0 Å². The van der Waals surface area contributed by atoms with Gasteiger partial charge in [0.05, 0.1) is 25.8 Å². The molecule has 1 aromatic carbocycles. The van der Waals surface area contributed by atoms with Gasteiger partial charge in [-0.15, -0.1) is 0 Å². The molecule has 4 rings (SSSR count). The van der Waals surface area contributed by atoms with E-state index < -0.39 is 0 Å². The van der Waals surface area contributed by atoms with Crippen molar-refractivity contribution < 1.29 is 13.9 Å². The summed E-state index contributed by atoms with van der Waals surface area (Å²) in [6.07, 6.45) is 1.96. The van der Waals surface area contributed by atoms with Crippen LogP contribution in [0.25, 0.3) is 11.1 Å². The third-order valence-electron chi connectivity index (χ3n) is 4.65. The van der Waals surface area contributed by atoms with Gasteiger partial charge in [0, 0.05) is 13.1 Å². The average molecular weight is 315 g/mol. The quantitative estimate of drug-likeness (QED) is 0.862. The first-order valence-electron chi connectivity index (χ1n) is 8.26. The number of hydrogen-bond acceptors (Lipinski definition) is 5. The van der Waals surface area contributed by atoms with Crippen molar-refractivity contribution in [3.63, 3.8) is 0 Å². The molecule has 0 bridgehead atoms. The Morgan fingerprint density at radius 1 is 1.22 bits per heavy atom. The molecule has 3 heterocycles. The molecule has 2 aliphatic rings. The van der Waals surface area contributed by atoms with Crippen molar-refractivity contribution in [3.8, 4) is 0 Å². The fourth-order valence-electron chi connectivity index (χ4n) is 3.45. The van der Waals surface area contributed by atoms with E-state index in [1.807, 2.05) is 29.2 Å². The molecule has 0 saturated carbocycles. The maximum atomic E-state index is 12.8. The van der Waals surface area contributed by atoms with Gasteiger partial charge >= 0.3 is 0 Å². The van der Waals surface area contributed by atoms with Gasteiger partial charge in [0.1, 0.15) is 5.52 Å². The normalized spacial score (nSPS) is 22.8. The highest BCUT2D eigenvalue weighted by molar-refractivity contribution is 5.82. The molecule has 2 aromatic rings. The number of oxazole rings is 1. The average Bonchev–Trinajstić information content (AvgIpc) is 3.21. The smallest absolute Gasteiger partial charge is 0.240 e. The second kappa shape index (κ2) is 6.29. The van der Waals surface area contributed by atoms with Crippen LogP contribution in [0.1, 0.15) is 18.7 Å². The van der Waals surface area contributed by atoms with Crippen molar-refractivity contribution in [2.45, 2.75) is 25.4 Å². The number of nitrogens with zero attached hydrogens (tertiary/aromatic N) is 3. The van der Waals surface area contributed by atoms with E-state index in [9.17, 15) is 4.79 Å². The van der Waals surface area contributed by atoms with Gasteiger partial charge in [0.2, 0.25) is 11.8 Å². The first kappa shape index (κ1) is 14.7. The van der Waals surface area contributed by atoms with E-state index in [0.29, 0.717) is 38.7 Å². The lowest BCUT2D eigenvalue weighted by atomic mass is 10.2. The van der Waals surface area contributed by atoms with Crippen molar-refractivity contribution in [1.29, 1.82) is 0 Å². The predicted octanol–water partition coefficient (Wildman–Crippen LogP) is 1.65. The molecule has 122 valence electrons.